The molecule has 2 aromatic heterocycles. The predicted octanol–water partition coefficient (Wildman–Crippen LogP) is 4.44. The normalized spacial score (nSPS) is 11.9. The topological polar surface area (TPSA) is 96.1 Å². The maximum absolute atomic E-state index is 11.5. The Labute approximate surface area is 168 Å². The van der Waals surface area contributed by atoms with Crippen molar-refractivity contribution in [3.8, 4) is 6.07 Å². The second-order valence-corrected chi connectivity index (χ2v) is 8.41. The standard InChI is InChI=1S/C18H15N3O3S3/c1-2-24-16(23)7-11-9-25-18(20-11)26-10-14(22)12(8-19)17-21-13-5-3-4-6-15(13)27-17/h3-6,9,22H,2,7,10H2,1H3. The molecule has 1 aromatic carbocycles. The Morgan fingerprint density at radius 2 is 2.19 bits per heavy atom. The molecule has 3 aromatic rings. The second kappa shape index (κ2) is 8.99. The van der Waals surface area contributed by atoms with Crippen LogP contribution in [0.4, 0.5) is 0 Å². The van der Waals surface area contributed by atoms with Gasteiger partial charge >= 0.3 is 5.97 Å². The van der Waals surface area contributed by atoms with Gasteiger partial charge in [0, 0.05) is 5.38 Å². The number of allylic oxidation sites excluding steroid dienone is 1. The van der Waals surface area contributed by atoms with E-state index in [2.05, 4.69) is 9.97 Å². The first-order valence-corrected chi connectivity index (χ1v) is 10.7. The molecule has 0 fully saturated rings. The van der Waals surface area contributed by atoms with Crippen LogP contribution in [0.1, 0.15) is 17.6 Å². The van der Waals surface area contributed by atoms with Crippen molar-refractivity contribution in [3.05, 3.63) is 46.1 Å². The summed E-state index contributed by atoms with van der Waals surface area (Å²) in [5, 5.41) is 22.1. The summed E-state index contributed by atoms with van der Waals surface area (Å²) in [6.45, 7) is 2.10. The number of benzene rings is 1. The van der Waals surface area contributed by atoms with Crippen molar-refractivity contribution in [2.75, 3.05) is 12.4 Å². The van der Waals surface area contributed by atoms with Crippen molar-refractivity contribution in [3.63, 3.8) is 0 Å². The van der Waals surface area contributed by atoms with Crippen molar-refractivity contribution in [1.29, 1.82) is 5.26 Å². The largest absolute Gasteiger partial charge is 0.510 e. The molecule has 0 bridgehead atoms. The van der Waals surface area contributed by atoms with Gasteiger partial charge in [-0.05, 0) is 19.1 Å². The van der Waals surface area contributed by atoms with Crippen LogP contribution >= 0.6 is 34.4 Å². The number of fused-ring (bicyclic) bond motifs is 1. The number of para-hydroxylation sites is 1. The van der Waals surface area contributed by atoms with E-state index in [9.17, 15) is 15.2 Å². The van der Waals surface area contributed by atoms with Crippen molar-refractivity contribution >= 4 is 56.2 Å². The Balaban J connectivity index is 1.69. The first-order chi connectivity index (χ1) is 13.1. The summed E-state index contributed by atoms with van der Waals surface area (Å²) in [4.78, 5) is 20.3. The lowest BCUT2D eigenvalue weighted by molar-refractivity contribution is -0.142. The van der Waals surface area contributed by atoms with Gasteiger partial charge in [0.05, 0.1) is 34.7 Å². The molecule has 0 saturated heterocycles. The van der Waals surface area contributed by atoms with Crippen LogP contribution in [0.5, 0.6) is 0 Å². The number of carbonyl (C=O) groups excluding carboxylic acids is 1. The molecule has 0 unspecified atom stereocenters. The average molecular weight is 418 g/mol. The van der Waals surface area contributed by atoms with E-state index in [0.717, 1.165) is 10.2 Å². The smallest absolute Gasteiger partial charge is 0.311 e. The summed E-state index contributed by atoms with van der Waals surface area (Å²) in [6, 6.07) is 9.64. The third kappa shape index (κ3) is 4.86. The number of esters is 1. The van der Waals surface area contributed by atoms with Crippen molar-refractivity contribution in [2.24, 2.45) is 0 Å². The van der Waals surface area contributed by atoms with Crippen molar-refractivity contribution < 1.29 is 14.6 Å². The van der Waals surface area contributed by atoms with Gasteiger partial charge in [0.15, 0.2) is 4.34 Å². The molecule has 0 atom stereocenters. The lowest BCUT2D eigenvalue weighted by Gasteiger charge is -2.00. The van der Waals surface area contributed by atoms with E-state index in [1.54, 1.807) is 12.3 Å². The minimum atomic E-state index is -0.315. The Morgan fingerprint density at radius 3 is 2.93 bits per heavy atom. The Morgan fingerprint density at radius 1 is 1.37 bits per heavy atom. The zero-order valence-corrected chi connectivity index (χ0v) is 16.8. The molecule has 1 N–H and O–H groups in total. The van der Waals surface area contributed by atoms with Crippen LogP contribution in [0.25, 0.3) is 15.8 Å². The molecule has 0 aliphatic rings. The van der Waals surface area contributed by atoms with Crippen LogP contribution in [-0.4, -0.2) is 33.4 Å². The summed E-state index contributed by atoms with van der Waals surface area (Å²) in [5.74, 6) is -0.154. The van der Waals surface area contributed by atoms with Crippen LogP contribution in [-0.2, 0) is 16.0 Å². The van der Waals surface area contributed by atoms with E-state index in [0.29, 0.717) is 21.6 Å². The summed E-state index contributed by atoms with van der Waals surface area (Å²) < 4.78 is 6.58. The number of aliphatic hydroxyl groups excluding tert-OH is 1. The number of carbonyl (C=O) groups is 1. The van der Waals surface area contributed by atoms with Gasteiger partial charge in [-0.1, -0.05) is 23.9 Å². The summed E-state index contributed by atoms with van der Waals surface area (Å²) in [7, 11) is 0. The molecule has 0 radical (unpaired) electrons. The van der Waals surface area contributed by atoms with Gasteiger partial charge < -0.3 is 9.84 Å². The zero-order valence-electron chi connectivity index (χ0n) is 14.3. The first-order valence-electron chi connectivity index (χ1n) is 8.01. The number of aliphatic hydroxyl groups is 1. The number of thiazole rings is 2. The SMILES string of the molecule is CCOC(=O)Cc1csc(SCC(O)=C(C#N)c2nc3ccccc3s2)n1. The summed E-state index contributed by atoms with van der Waals surface area (Å²) in [6.07, 6.45) is 0.127. The van der Waals surface area contributed by atoms with Crippen LogP contribution in [0.3, 0.4) is 0 Å². The molecule has 6 nitrogen and oxygen atoms in total. The van der Waals surface area contributed by atoms with E-state index >= 15 is 0 Å². The number of hydrogen-bond donors (Lipinski definition) is 1. The Bertz CT molecular complexity index is 1000. The Hall–Kier alpha value is -2.41. The van der Waals surface area contributed by atoms with Gasteiger partial charge in [0.1, 0.15) is 22.4 Å². The lowest BCUT2D eigenvalue weighted by atomic mass is 10.2. The van der Waals surface area contributed by atoms with Gasteiger partial charge in [0.25, 0.3) is 0 Å². The highest BCUT2D eigenvalue weighted by molar-refractivity contribution is 8.01. The van der Waals surface area contributed by atoms with Crippen LogP contribution < -0.4 is 0 Å². The average Bonchev–Trinajstić information content (AvgIpc) is 3.27. The van der Waals surface area contributed by atoms with Crippen LogP contribution in [0, 0.1) is 11.3 Å². The fraction of sp³-hybridized carbons (Fsp3) is 0.222. The van der Waals surface area contributed by atoms with Gasteiger partial charge in [0.2, 0.25) is 0 Å². The highest BCUT2D eigenvalue weighted by atomic mass is 32.2. The molecular weight excluding hydrogens is 402 g/mol. The van der Waals surface area contributed by atoms with Crippen molar-refractivity contribution in [1.82, 2.24) is 9.97 Å². The molecule has 0 aliphatic carbocycles. The zero-order chi connectivity index (χ0) is 19.2. The van der Waals surface area contributed by atoms with E-state index in [1.165, 1.54) is 34.4 Å². The third-order valence-corrected chi connectivity index (χ3v) is 6.54. The van der Waals surface area contributed by atoms with E-state index in [4.69, 9.17) is 4.74 Å². The molecule has 0 aliphatic heterocycles. The van der Waals surface area contributed by atoms with Gasteiger partial charge in [-0.2, -0.15) is 5.26 Å². The summed E-state index contributed by atoms with van der Waals surface area (Å²) >= 11 is 4.06. The van der Waals surface area contributed by atoms with Gasteiger partial charge in [-0.15, -0.1) is 22.7 Å². The van der Waals surface area contributed by atoms with E-state index in [1.807, 2.05) is 30.3 Å². The monoisotopic (exact) mass is 417 g/mol. The quantitative estimate of drug-likeness (QED) is 0.263. The molecule has 138 valence electrons. The number of hydrogen-bond acceptors (Lipinski definition) is 9. The fourth-order valence-electron chi connectivity index (χ4n) is 2.21. The third-order valence-electron chi connectivity index (χ3n) is 3.40. The fourth-order valence-corrected chi connectivity index (χ4v) is 4.92. The predicted molar refractivity (Wildman–Crippen MR) is 108 cm³/mol. The molecular formula is C18H15N3O3S3. The summed E-state index contributed by atoms with van der Waals surface area (Å²) in [5.41, 5.74) is 1.61. The number of aromatic nitrogens is 2. The number of nitriles is 1. The molecule has 0 saturated carbocycles. The van der Waals surface area contributed by atoms with Crippen molar-refractivity contribution in [2.45, 2.75) is 17.7 Å². The van der Waals surface area contributed by atoms with Gasteiger partial charge in [-0.25, -0.2) is 9.97 Å². The molecule has 0 amide bonds. The number of thioether (sulfide) groups is 1. The number of rotatable bonds is 7. The minimum Gasteiger partial charge on any atom is -0.510 e. The molecule has 3 rings (SSSR count). The van der Waals surface area contributed by atoms with E-state index in [-0.39, 0.29) is 29.5 Å². The molecule has 0 spiro atoms. The molecule has 2 heterocycles. The highest BCUT2D eigenvalue weighted by Gasteiger charge is 2.15. The maximum Gasteiger partial charge on any atom is 0.311 e. The molecule has 9 heteroatoms. The minimum absolute atomic E-state index is 0.0382. The Kier molecular flexibility index (Phi) is 6.45. The van der Waals surface area contributed by atoms with Crippen LogP contribution in [0.2, 0.25) is 0 Å². The molecule has 27 heavy (non-hydrogen) atoms. The van der Waals surface area contributed by atoms with Crippen LogP contribution in [0.15, 0.2) is 39.7 Å². The van der Waals surface area contributed by atoms with Gasteiger partial charge in [-0.3, -0.25) is 4.79 Å². The number of nitrogens with zero attached hydrogens (tertiary/aromatic N) is 3. The number of ether oxygens (including phenoxy) is 1. The maximum atomic E-state index is 11.5. The highest BCUT2D eigenvalue weighted by Crippen LogP contribution is 2.30. The first kappa shape index (κ1) is 19.4. The second-order valence-electron chi connectivity index (χ2n) is 5.30. The lowest BCUT2D eigenvalue weighted by Crippen LogP contribution is -2.07. The van der Waals surface area contributed by atoms with E-state index < -0.39 is 0 Å².